The molecule has 1 aromatic rings. The minimum absolute atomic E-state index is 0.135. The summed E-state index contributed by atoms with van der Waals surface area (Å²) in [5.41, 5.74) is 0.585. The van der Waals surface area contributed by atoms with Crippen LogP contribution in [0.3, 0.4) is 0 Å². The lowest BCUT2D eigenvalue weighted by molar-refractivity contribution is -0.113. The summed E-state index contributed by atoms with van der Waals surface area (Å²) < 4.78 is 0. The Hall–Kier alpha value is -2.30. The number of hydrogen-bond donors (Lipinski definition) is 1. The molecule has 0 bridgehead atoms. The summed E-state index contributed by atoms with van der Waals surface area (Å²) >= 11 is 0. The number of rotatable bonds is 2. The van der Waals surface area contributed by atoms with Crippen LogP contribution in [0.15, 0.2) is 35.3 Å². The Bertz CT molecular complexity index is 495. The van der Waals surface area contributed by atoms with Crippen LogP contribution in [0.4, 0.5) is 0 Å². The maximum atomic E-state index is 11.7. The predicted octanol–water partition coefficient (Wildman–Crippen LogP) is 1.41. The molecule has 0 unspecified atom stereocenters. The minimum Gasteiger partial charge on any atom is -0.507 e. The van der Waals surface area contributed by atoms with E-state index in [0.29, 0.717) is 11.5 Å². The van der Waals surface area contributed by atoms with Gasteiger partial charge in [-0.05, 0) is 12.1 Å². The molecule has 1 aromatic carbocycles. The van der Waals surface area contributed by atoms with Crippen LogP contribution in [0, 0.1) is 0 Å². The van der Waals surface area contributed by atoms with Gasteiger partial charge in [0.1, 0.15) is 5.75 Å². The number of phenols is 1. The quantitative estimate of drug-likeness (QED) is 0.497. The smallest absolute Gasteiger partial charge is 0.272 e. The lowest BCUT2D eigenvalue weighted by Gasteiger charge is -2.21. The van der Waals surface area contributed by atoms with Gasteiger partial charge in [-0.25, -0.2) is 0 Å². The third kappa shape index (κ3) is 4.46. The van der Waals surface area contributed by atoms with Crippen LogP contribution in [0.5, 0.6) is 5.75 Å². The van der Waals surface area contributed by atoms with E-state index in [9.17, 15) is 9.90 Å². The number of phenolic OH excluding ortho intramolecular Hbond substituents is 1. The molecule has 0 spiro atoms. The van der Waals surface area contributed by atoms with Gasteiger partial charge in [-0.3, -0.25) is 4.79 Å². The van der Waals surface area contributed by atoms with Gasteiger partial charge in [-0.15, -0.1) is 0 Å². The van der Waals surface area contributed by atoms with Crippen LogP contribution < -0.4 is 0 Å². The van der Waals surface area contributed by atoms with Crippen LogP contribution in [-0.4, -0.2) is 55.0 Å². The van der Waals surface area contributed by atoms with Crippen molar-refractivity contribution in [2.24, 2.45) is 4.99 Å². The molecule has 0 fully saturated rings. The average molecular weight is 261 g/mol. The van der Waals surface area contributed by atoms with Gasteiger partial charge in [0.25, 0.3) is 5.91 Å². The van der Waals surface area contributed by atoms with Crippen molar-refractivity contribution in [1.82, 2.24) is 9.80 Å². The van der Waals surface area contributed by atoms with Crippen LogP contribution in [0.2, 0.25) is 0 Å². The van der Waals surface area contributed by atoms with Crippen molar-refractivity contribution in [3.05, 3.63) is 35.9 Å². The fourth-order valence-corrected chi connectivity index (χ4v) is 1.53. The first-order chi connectivity index (χ1) is 8.91. The molecule has 0 heterocycles. The van der Waals surface area contributed by atoms with Crippen molar-refractivity contribution >= 4 is 17.9 Å². The summed E-state index contributed by atoms with van der Waals surface area (Å²) in [6, 6.07) is 6.81. The zero-order valence-corrected chi connectivity index (χ0v) is 11.7. The first kappa shape index (κ1) is 14.8. The molecule has 5 heteroatoms. The second kappa shape index (κ2) is 6.58. The second-order valence-corrected chi connectivity index (χ2v) is 4.43. The van der Waals surface area contributed by atoms with Crippen molar-refractivity contribution in [2.45, 2.75) is 0 Å². The first-order valence-corrected chi connectivity index (χ1v) is 5.85. The number of carbonyl (C=O) groups excluding carboxylic acids is 1. The van der Waals surface area contributed by atoms with Gasteiger partial charge in [0, 0.05) is 39.8 Å². The maximum absolute atomic E-state index is 11.7. The summed E-state index contributed by atoms with van der Waals surface area (Å²) in [5.74, 6) is 0.323. The first-order valence-electron chi connectivity index (χ1n) is 5.85. The number of aromatic hydroxyl groups is 1. The van der Waals surface area contributed by atoms with Crippen molar-refractivity contribution < 1.29 is 9.90 Å². The van der Waals surface area contributed by atoms with Crippen LogP contribution in [0.25, 0.3) is 6.08 Å². The van der Waals surface area contributed by atoms with E-state index in [0.717, 1.165) is 0 Å². The second-order valence-electron chi connectivity index (χ2n) is 4.43. The number of para-hydroxylation sites is 1. The molecular weight excluding hydrogens is 242 g/mol. The number of benzene rings is 1. The highest BCUT2D eigenvalue weighted by molar-refractivity contribution is 6.00. The topological polar surface area (TPSA) is 56.1 Å². The third-order valence-corrected chi connectivity index (χ3v) is 2.35. The number of nitrogens with zero attached hydrogens (tertiary/aromatic N) is 3. The molecule has 0 atom stereocenters. The summed E-state index contributed by atoms with van der Waals surface area (Å²) in [7, 11) is 7.27. The van der Waals surface area contributed by atoms with E-state index in [2.05, 4.69) is 4.99 Å². The van der Waals surface area contributed by atoms with E-state index in [1.807, 2.05) is 28.2 Å². The number of carbonyl (C=O) groups is 1. The molecule has 0 radical (unpaired) electrons. The summed E-state index contributed by atoms with van der Waals surface area (Å²) in [4.78, 5) is 19.2. The third-order valence-electron chi connectivity index (χ3n) is 2.35. The van der Waals surface area contributed by atoms with E-state index in [1.54, 1.807) is 40.1 Å². The fraction of sp³-hybridized carbons (Fsp3) is 0.286. The van der Waals surface area contributed by atoms with Gasteiger partial charge in [0.15, 0.2) is 0 Å². The monoisotopic (exact) mass is 261 g/mol. The predicted molar refractivity (Wildman–Crippen MR) is 77.0 cm³/mol. The zero-order valence-electron chi connectivity index (χ0n) is 11.7. The molecule has 0 aliphatic rings. The summed E-state index contributed by atoms with van der Waals surface area (Å²) in [6.45, 7) is 0. The summed E-state index contributed by atoms with van der Waals surface area (Å²) in [5, 5.41) is 9.57. The number of amides is 1. The Morgan fingerprint density at radius 3 is 2.26 bits per heavy atom. The number of guanidine groups is 1. The summed E-state index contributed by atoms with van der Waals surface area (Å²) in [6.07, 6.45) is 2.88. The van der Waals surface area contributed by atoms with Gasteiger partial charge in [0.2, 0.25) is 5.96 Å². The molecule has 0 aliphatic heterocycles. The van der Waals surface area contributed by atoms with Gasteiger partial charge in [0.05, 0.1) is 0 Å². The molecule has 0 aromatic heterocycles. The standard InChI is InChI=1S/C14H19N3O2/c1-16(2)14(17(3)4)15-13(19)10-9-11-7-5-6-8-12(11)18/h5-10,18H,1-4H3/b10-9+. The fourth-order valence-electron chi connectivity index (χ4n) is 1.53. The molecule has 0 aliphatic carbocycles. The highest BCUT2D eigenvalue weighted by Crippen LogP contribution is 2.16. The lowest BCUT2D eigenvalue weighted by atomic mass is 10.2. The van der Waals surface area contributed by atoms with Crippen LogP contribution in [-0.2, 0) is 4.79 Å². The van der Waals surface area contributed by atoms with E-state index in [-0.39, 0.29) is 11.7 Å². The maximum Gasteiger partial charge on any atom is 0.272 e. The average Bonchev–Trinajstić information content (AvgIpc) is 2.34. The zero-order chi connectivity index (χ0) is 14.4. The Morgan fingerprint density at radius 1 is 1.16 bits per heavy atom. The van der Waals surface area contributed by atoms with Crippen molar-refractivity contribution in [3.63, 3.8) is 0 Å². The van der Waals surface area contributed by atoms with Crippen molar-refractivity contribution in [2.75, 3.05) is 28.2 Å². The van der Waals surface area contributed by atoms with Gasteiger partial charge in [-0.1, -0.05) is 18.2 Å². The molecule has 0 saturated heterocycles. The van der Waals surface area contributed by atoms with Crippen molar-refractivity contribution in [3.8, 4) is 5.75 Å². The highest BCUT2D eigenvalue weighted by Gasteiger charge is 2.06. The van der Waals surface area contributed by atoms with Gasteiger partial charge < -0.3 is 14.9 Å². The van der Waals surface area contributed by atoms with Crippen molar-refractivity contribution in [1.29, 1.82) is 0 Å². The lowest BCUT2D eigenvalue weighted by Crippen LogP contribution is -2.35. The molecule has 102 valence electrons. The van der Waals surface area contributed by atoms with Gasteiger partial charge >= 0.3 is 0 Å². The largest absolute Gasteiger partial charge is 0.507 e. The number of hydrogen-bond acceptors (Lipinski definition) is 2. The number of aliphatic imine (C=N–C) groups is 1. The van der Waals surface area contributed by atoms with E-state index < -0.39 is 0 Å². The molecule has 19 heavy (non-hydrogen) atoms. The molecule has 1 amide bonds. The normalized spacial score (nSPS) is 10.3. The molecule has 0 saturated carbocycles. The van der Waals surface area contributed by atoms with E-state index >= 15 is 0 Å². The Kier molecular flexibility index (Phi) is 5.11. The van der Waals surface area contributed by atoms with Crippen LogP contribution >= 0.6 is 0 Å². The Morgan fingerprint density at radius 2 is 1.74 bits per heavy atom. The van der Waals surface area contributed by atoms with E-state index in [4.69, 9.17) is 0 Å². The molecular formula is C14H19N3O2. The Labute approximate surface area is 113 Å². The minimum atomic E-state index is -0.374. The van der Waals surface area contributed by atoms with Gasteiger partial charge in [-0.2, -0.15) is 4.99 Å². The molecule has 1 rings (SSSR count). The van der Waals surface area contributed by atoms with E-state index in [1.165, 1.54) is 6.08 Å². The molecule has 5 nitrogen and oxygen atoms in total. The van der Waals surface area contributed by atoms with Crippen LogP contribution in [0.1, 0.15) is 5.56 Å². The Balaban J connectivity index is 2.86. The highest BCUT2D eigenvalue weighted by atomic mass is 16.3. The SMILES string of the molecule is CN(C)C(=NC(=O)/C=C/c1ccccc1O)N(C)C. The molecule has 1 N–H and O–H groups in total.